The molecule has 1 aliphatic heterocycles. The molecule has 1 aliphatic rings. The summed E-state index contributed by atoms with van der Waals surface area (Å²) in [6.07, 6.45) is 5.80. The number of hydrogen-bond donors (Lipinski definition) is 2. The molecule has 0 saturated carbocycles. The van der Waals surface area contributed by atoms with E-state index < -0.39 is 12.0 Å². The molecule has 12 nitrogen and oxygen atoms in total. The van der Waals surface area contributed by atoms with E-state index in [0.29, 0.717) is 25.4 Å². The van der Waals surface area contributed by atoms with Gasteiger partial charge in [-0.05, 0) is 99.3 Å². The summed E-state index contributed by atoms with van der Waals surface area (Å²) in [6, 6.07) is 18.8. The number of anilines is 2. The van der Waals surface area contributed by atoms with Gasteiger partial charge in [-0.1, -0.05) is 36.4 Å². The Morgan fingerprint density at radius 2 is 1.78 bits per heavy atom. The Kier molecular flexibility index (Phi) is 12.5. The molecule has 0 spiro atoms. The van der Waals surface area contributed by atoms with Gasteiger partial charge in [-0.15, -0.1) is 0 Å². The minimum Gasteiger partial charge on any atom is -0.490 e. The number of nitrogens with zero attached hydrogens (tertiary/aromatic N) is 4. The largest absolute Gasteiger partial charge is 0.490 e. The van der Waals surface area contributed by atoms with Crippen LogP contribution in [0, 0.1) is 13.8 Å². The van der Waals surface area contributed by atoms with E-state index in [2.05, 4.69) is 21.8 Å². The zero-order chi connectivity index (χ0) is 35.5. The van der Waals surface area contributed by atoms with E-state index in [1.54, 1.807) is 11.0 Å². The van der Waals surface area contributed by atoms with E-state index in [1.165, 1.54) is 0 Å². The van der Waals surface area contributed by atoms with Crippen molar-refractivity contribution in [2.75, 3.05) is 63.8 Å². The molecular weight excluding hydrogens is 636 g/mol. The van der Waals surface area contributed by atoms with Crippen molar-refractivity contribution < 1.29 is 28.6 Å². The first-order valence-corrected chi connectivity index (χ1v) is 16.9. The van der Waals surface area contributed by atoms with Crippen LogP contribution in [0.25, 0.3) is 11.1 Å². The van der Waals surface area contributed by atoms with Crippen molar-refractivity contribution in [1.29, 1.82) is 0 Å². The van der Waals surface area contributed by atoms with Gasteiger partial charge in [-0.2, -0.15) is 5.10 Å². The predicted octanol–water partition coefficient (Wildman–Crippen LogP) is 5.80. The van der Waals surface area contributed by atoms with Crippen molar-refractivity contribution in [2.45, 2.75) is 39.7 Å². The Morgan fingerprint density at radius 1 is 0.960 bits per heavy atom. The maximum Gasteiger partial charge on any atom is 0.414 e. The molecule has 2 N–H and O–H groups in total. The van der Waals surface area contributed by atoms with Gasteiger partial charge in [0, 0.05) is 30.5 Å². The average molecular weight is 683 g/mol. The molecule has 4 aromatic rings. The molecule has 0 fully saturated rings. The third-order valence-electron chi connectivity index (χ3n) is 8.47. The van der Waals surface area contributed by atoms with Gasteiger partial charge in [0.05, 0.1) is 25.0 Å². The molecule has 0 saturated heterocycles. The van der Waals surface area contributed by atoms with Crippen molar-refractivity contribution in [3.63, 3.8) is 0 Å². The van der Waals surface area contributed by atoms with E-state index in [9.17, 15) is 14.4 Å². The third kappa shape index (κ3) is 9.85. The fraction of sp³-hybridized carbons (Fsp3) is 0.368. The number of aromatic nitrogens is 2. The summed E-state index contributed by atoms with van der Waals surface area (Å²) in [7, 11) is 3.91. The molecule has 0 bridgehead atoms. The summed E-state index contributed by atoms with van der Waals surface area (Å²) in [6.45, 7) is 6.45. The first-order chi connectivity index (χ1) is 24.2. The first kappa shape index (κ1) is 35.9. The van der Waals surface area contributed by atoms with Crippen LogP contribution < -0.4 is 20.3 Å². The number of amides is 3. The second-order valence-electron chi connectivity index (χ2n) is 12.5. The highest BCUT2D eigenvalue weighted by Gasteiger charge is 2.26. The Balaban J connectivity index is 1.14. The van der Waals surface area contributed by atoms with Gasteiger partial charge < -0.3 is 29.7 Å². The highest BCUT2D eigenvalue weighted by Crippen LogP contribution is 2.35. The fourth-order valence-corrected chi connectivity index (χ4v) is 5.79. The minimum absolute atomic E-state index is 0.151. The van der Waals surface area contributed by atoms with Crippen LogP contribution in [-0.2, 0) is 27.2 Å². The minimum atomic E-state index is -0.494. The number of fused-ring (bicyclic) bond motifs is 1. The summed E-state index contributed by atoms with van der Waals surface area (Å²) < 4.78 is 18.5. The monoisotopic (exact) mass is 682 g/mol. The lowest BCUT2D eigenvalue weighted by molar-refractivity contribution is -0.142. The van der Waals surface area contributed by atoms with Crippen LogP contribution in [0.2, 0.25) is 0 Å². The second kappa shape index (κ2) is 17.3. The molecule has 1 aromatic heterocycles. The standard InChI is InChI=1S/C38H46N6O6/c1-27-10-5-16-35(28(27)2)48-20-21-50-38(47)44-18-8-14-33-32(13-7-15-34(33)44)30-23-40-43(26-30)25-29-11-6-12-31(22-29)41-37(46)39-24-36(45)49-19-9-17-42(3)4/h5-7,10-13,15-16,22-23,26H,8-9,14,17-21,24-25H2,1-4H3,(H2,39,41,46). The summed E-state index contributed by atoms with van der Waals surface area (Å²) in [5, 5.41) is 9.91. The maximum absolute atomic E-state index is 13.2. The molecule has 3 amide bonds. The van der Waals surface area contributed by atoms with Crippen LogP contribution in [0.1, 0.15) is 35.1 Å². The van der Waals surface area contributed by atoms with Crippen LogP contribution in [0.4, 0.5) is 21.0 Å². The number of ether oxygens (including phenoxy) is 3. The topological polar surface area (TPSA) is 127 Å². The molecule has 2 heterocycles. The first-order valence-electron chi connectivity index (χ1n) is 16.9. The number of urea groups is 1. The van der Waals surface area contributed by atoms with Gasteiger partial charge in [0.25, 0.3) is 0 Å². The van der Waals surface area contributed by atoms with Crippen LogP contribution in [0.5, 0.6) is 5.75 Å². The summed E-state index contributed by atoms with van der Waals surface area (Å²) in [4.78, 5) is 41.2. The zero-order valence-corrected chi connectivity index (χ0v) is 29.2. The van der Waals surface area contributed by atoms with Gasteiger partial charge in [-0.3, -0.25) is 14.4 Å². The number of benzene rings is 3. The number of carbonyl (C=O) groups excluding carboxylic acids is 3. The highest BCUT2D eigenvalue weighted by atomic mass is 16.6. The molecule has 12 heteroatoms. The lowest BCUT2D eigenvalue weighted by atomic mass is 9.93. The lowest BCUT2D eigenvalue weighted by Crippen LogP contribution is -2.36. The van der Waals surface area contributed by atoms with E-state index in [-0.39, 0.29) is 25.9 Å². The quantitative estimate of drug-likeness (QED) is 0.126. The molecule has 50 heavy (non-hydrogen) atoms. The summed E-state index contributed by atoms with van der Waals surface area (Å²) in [5.41, 5.74) is 7.64. The molecule has 3 aromatic carbocycles. The third-order valence-corrected chi connectivity index (χ3v) is 8.47. The van der Waals surface area contributed by atoms with Crippen LogP contribution in [-0.4, -0.2) is 86.3 Å². The number of nitrogens with one attached hydrogen (secondary N) is 2. The normalized spacial score (nSPS) is 12.3. The molecule has 0 aliphatic carbocycles. The van der Waals surface area contributed by atoms with E-state index in [0.717, 1.165) is 70.6 Å². The molecule has 0 radical (unpaired) electrons. The molecule has 0 atom stereocenters. The van der Waals surface area contributed by atoms with Gasteiger partial charge in [0.15, 0.2) is 0 Å². The number of carbonyl (C=O) groups is 3. The Bertz CT molecular complexity index is 1790. The lowest BCUT2D eigenvalue weighted by Gasteiger charge is -2.30. The van der Waals surface area contributed by atoms with Crippen molar-refractivity contribution in [3.05, 3.63) is 95.3 Å². The van der Waals surface area contributed by atoms with Gasteiger partial charge in [-0.25, -0.2) is 9.59 Å². The summed E-state index contributed by atoms with van der Waals surface area (Å²) >= 11 is 0. The van der Waals surface area contributed by atoms with Gasteiger partial charge in [0.1, 0.15) is 25.5 Å². The molecular formula is C38H46N6O6. The van der Waals surface area contributed by atoms with Crippen LogP contribution in [0.3, 0.4) is 0 Å². The van der Waals surface area contributed by atoms with Crippen molar-refractivity contribution in [3.8, 4) is 16.9 Å². The van der Waals surface area contributed by atoms with Gasteiger partial charge >= 0.3 is 18.1 Å². The van der Waals surface area contributed by atoms with E-state index in [4.69, 9.17) is 14.2 Å². The number of esters is 1. The molecule has 0 unspecified atom stereocenters. The van der Waals surface area contributed by atoms with Crippen LogP contribution in [0.15, 0.2) is 73.1 Å². The number of rotatable bonds is 14. The Hall–Kier alpha value is -5.36. The van der Waals surface area contributed by atoms with Crippen molar-refractivity contribution in [2.24, 2.45) is 0 Å². The van der Waals surface area contributed by atoms with Crippen molar-refractivity contribution >= 4 is 29.5 Å². The van der Waals surface area contributed by atoms with E-state index >= 15 is 0 Å². The van der Waals surface area contributed by atoms with Crippen molar-refractivity contribution in [1.82, 2.24) is 20.0 Å². The van der Waals surface area contributed by atoms with Crippen LogP contribution >= 0.6 is 0 Å². The predicted molar refractivity (Wildman–Crippen MR) is 193 cm³/mol. The number of aryl methyl sites for hydroxylation is 1. The zero-order valence-electron chi connectivity index (χ0n) is 29.2. The average Bonchev–Trinajstić information content (AvgIpc) is 3.57. The second-order valence-corrected chi connectivity index (χ2v) is 12.5. The maximum atomic E-state index is 13.2. The van der Waals surface area contributed by atoms with Gasteiger partial charge in [0.2, 0.25) is 0 Å². The summed E-state index contributed by atoms with van der Waals surface area (Å²) in [5.74, 6) is 0.313. The smallest absolute Gasteiger partial charge is 0.414 e. The number of hydrogen-bond acceptors (Lipinski definition) is 8. The van der Waals surface area contributed by atoms with E-state index in [1.807, 2.05) is 98.4 Å². The Morgan fingerprint density at radius 3 is 2.62 bits per heavy atom. The highest BCUT2D eigenvalue weighted by molar-refractivity contribution is 5.92. The molecule has 264 valence electrons. The fourth-order valence-electron chi connectivity index (χ4n) is 5.79. The SMILES string of the molecule is Cc1cccc(OCCOC(=O)N2CCCc3c(-c4cnn(Cc5cccc(NC(=O)NCC(=O)OCCCN(C)C)c5)c4)cccc32)c1C. The molecule has 5 rings (SSSR count). The Labute approximate surface area is 293 Å².